The van der Waals surface area contributed by atoms with Crippen molar-refractivity contribution in [3.05, 3.63) is 75.9 Å². The van der Waals surface area contributed by atoms with Gasteiger partial charge in [0.05, 0.1) is 23.5 Å². The number of benzene rings is 2. The van der Waals surface area contributed by atoms with Gasteiger partial charge >= 0.3 is 0 Å². The highest BCUT2D eigenvalue weighted by Crippen LogP contribution is 2.30. The van der Waals surface area contributed by atoms with Gasteiger partial charge in [-0.05, 0) is 60.6 Å². The first kappa shape index (κ1) is 25.4. The average molecular weight is 541 g/mol. The second-order valence-corrected chi connectivity index (χ2v) is 9.83. The van der Waals surface area contributed by atoms with E-state index in [1.54, 1.807) is 7.11 Å². The van der Waals surface area contributed by atoms with E-state index in [1.807, 2.05) is 59.0 Å². The van der Waals surface area contributed by atoms with Crippen molar-refractivity contribution in [3.8, 4) is 5.69 Å². The molecule has 0 spiro atoms. The van der Waals surface area contributed by atoms with Crippen LogP contribution < -0.4 is 4.90 Å². The quantitative estimate of drug-likeness (QED) is 0.378. The first-order valence-corrected chi connectivity index (χ1v) is 12.9. The topological polar surface area (TPSA) is 53.8 Å². The number of halogens is 1. The molecule has 186 valence electrons. The molecule has 1 amide bonds. The Hall–Kier alpha value is -2.68. The van der Waals surface area contributed by atoms with Crippen LogP contribution >= 0.6 is 15.9 Å². The number of ether oxygens (including phenoxy) is 1. The molecule has 3 aromatic rings. The van der Waals surface area contributed by atoms with Gasteiger partial charge in [0, 0.05) is 56.5 Å². The lowest BCUT2D eigenvalue weighted by molar-refractivity contribution is 0.0722. The van der Waals surface area contributed by atoms with Crippen molar-refractivity contribution in [1.29, 1.82) is 0 Å². The summed E-state index contributed by atoms with van der Waals surface area (Å²) in [5.74, 6) is 1.09. The number of methoxy groups -OCH3 is 1. The average Bonchev–Trinajstić information content (AvgIpc) is 3.20. The van der Waals surface area contributed by atoms with Crippen molar-refractivity contribution < 1.29 is 9.53 Å². The number of hydrogen-bond donors (Lipinski definition) is 0. The lowest BCUT2D eigenvalue weighted by Gasteiger charge is -2.35. The number of para-hydroxylation sites is 1. The molecular formula is C27H34BrN5O2. The summed E-state index contributed by atoms with van der Waals surface area (Å²) in [5.41, 5.74) is 3.73. The summed E-state index contributed by atoms with van der Waals surface area (Å²) < 4.78 is 8.14. The van der Waals surface area contributed by atoms with E-state index in [9.17, 15) is 4.79 Å². The van der Waals surface area contributed by atoms with E-state index in [-0.39, 0.29) is 5.91 Å². The first-order chi connectivity index (χ1) is 17.0. The minimum Gasteiger partial charge on any atom is -0.385 e. The maximum absolute atomic E-state index is 13.7. The highest BCUT2D eigenvalue weighted by atomic mass is 79.9. The molecule has 0 bridgehead atoms. The number of hydrogen-bond acceptors (Lipinski definition) is 5. The zero-order valence-electron chi connectivity index (χ0n) is 20.8. The maximum Gasteiger partial charge on any atom is 0.255 e. The molecule has 0 N–H and O–H groups in total. The van der Waals surface area contributed by atoms with Crippen molar-refractivity contribution >= 4 is 27.7 Å². The Morgan fingerprint density at radius 1 is 1.06 bits per heavy atom. The van der Waals surface area contributed by atoms with Crippen LogP contribution in [0.4, 0.5) is 5.82 Å². The molecule has 4 rings (SSSR count). The Morgan fingerprint density at radius 2 is 1.74 bits per heavy atom. The van der Waals surface area contributed by atoms with Crippen molar-refractivity contribution in [3.63, 3.8) is 0 Å². The minimum absolute atomic E-state index is 0.00441. The van der Waals surface area contributed by atoms with Gasteiger partial charge < -0.3 is 19.4 Å². The van der Waals surface area contributed by atoms with E-state index in [0.29, 0.717) is 25.3 Å². The Bertz CT molecular complexity index is 1130. The lowest BCUT2D eigenvalue weighted by Crippen LogP contribution is -2.45. The maximum atomic E-state index is 13.7. The number of nitrogens with zero attached hydrogens (tertiary/aromatic N) is 5. The smallest absolute Gasteiger partial charge is 0.255 e. The number of carbonyl (C=O) groups excluding carboxylic acids is 1. The van der Waals surface area contributed by atoms with E-state index in [1.165, 1.54) is 0 Å². The number of amides is 1. The molecule has 0 saturated carbocycles. The van der Waals surface area contributed by atoms with E-state index in [2.05, 4.69) is 44.9 Å². The lowest BCUT2D eigenvalue weighted by atomic mass is 10.1. The molecule has 0 unspecified atom stereocenters. The first-order valence-electron chi connectivity index (χ1n) is 12.1. The Balaban J connectivity index is 1.73. The number of carbonyl (C=O) groups is 1. The highest BCUT2D eigenvalue weighted by molar-refractivity contribution is 9.10. The molecule has 2 heterocycles. The van der Waals surface area contributed by atoms with E-state index < -0.39 is 0 Å². The molecule has 1 saturated heterocycles. The van der Waals surface area contributed by atoms with Crippen LogP contribution in [0.3, 0.4) is 0 Å². The van der Waals surface area contributed by atoms with Crippen molar-refractivity contribution in [2.24, 2.45) is 0 Å². The Morgan fingerprint density at radius 3 is 2.43 bits per heavy atom. The minimum atomic E-state index is 0.00441. The highest BCUT2D eigenvalue weighted by Gasteiger charge is 2.28. The number of piperazine rings is 1. The zero-order chi connectivity index (χ0) is 24.8. The van der Waals surface area contributed by atoms with Crippen LogP contribution in [0.5, 0.6) is 0 Å². The number of aryl methyl sites for hydroxylation is 1. The van der Waals surface area contributed by atoms with Crippen LogP contribution in [0.2, 0.25) is 0 Å². The standard InChI is InChI=1S/C27H34BrN5O2/c1-21-24(20-32(14-9-19-35-3)27(34)23-12-7-8-13-25(23)28)26(31-17-15-30(2)16-18-31)33(29-21)22-10-5-4-6-11-22/h4-8,10-13H,9,14-20H2,1-3H3. The van der Waals surface area contributed by atoms with Gasteiger partial charge in [0.25, 0.3) is 5.91 Å². The van der Waals surface area contributed by atoms with Crippen LogP contribution in [-0.2, 0) is 11.3 Å². The molecule has 1 fully saturated rings. The molecule has 8 heteroatoms. The fourth-order valence-electron chi connectivity index (χ4n) is 4.47. The summed E-state index contributed by atoms with van der Waals surface area (Å²) in [5, 5.41) is 4.96. The third kappa shape index (κ3) is 5.94. The molecule has 1 aliphatic heterocycles. The van der Waals surface area contributed by atoms with Gasteiger partial charge in [-0.15, -0.1) is 0 Å². The summed E-state index contributed by atoms with van der Waals surface area (Å²) in [4.78, 5) is 20.4. The number of aromatic nitrogens is 2. The SMILES string of the molecule is COCCCN(Cc1c(C)nn(-c2ccccc2)c1N1CCN(C)CC1)C(=O)c1ccccc1Br. The second kappa shape index (κ2) is 11.8. The van der Waals surface area contributed by atoms with Gasteiger partial charge in [0.1, 0.15) is 5.82 Å². The van der Waals surface area contributed by atoms with Crippen LogP contribution in [0.15, 0.2) is 59.1 Å². The second-order valence-electron chi connectivity index (χ2n) is 8.98. The normalized spacial score (nSPS) is 14.3. The third-order valence-corrected chi connectivity index (χ3v) is 7.17. The third-order valence-electron chi connectivity index (χ3n) is 6.48. The van der Waals surface area contributed by atoms with Gasteiger partial charge in [0.15, 0.2) is 0 Å². The molecule has 7 nitrogen and oxygen atoms in total. The molecule has 0 aliphatic carbocycles. The van der Waals surface area contributed by atoms with E-state index in [4.69, 9.17) is 9.84 Å². The van der Waals surface area contributed by atoms with Crippen LogP contribution in [0, 0.1) is 6.92 Å². The molecule has 35 heavy (non-hydrogen) atoms. The van der Waals surface area contributed by atoms with Gasteiger partial charge in [-0.3, -0.25) is 4.79 Å². The van der Waals surface area contributed by atoms with Crippen molar-refractivity contribution in [2.75, 3.05) is 58.4 Å². The largest absolute Gasteiger partial charge is 0.385 e. The van der Waals surface area contributed by atoms with Crippen molar-refractivity contribution in [1.82, 2.24) is 19.6 Å². The predicted molar refractivity (Wildman–Crippen MR) is 143 cm³/mol. The molecule has 0 atom stereocenters. The van der Waals surface area contributed by atoms with Gasteiger partial charge in [-0.2, -0.15) is 5.10 Å². The van der Waals surface area contributed by atoms with Crippen molar-refractivity contribution in [2.45, 2.75) is 19.9 Å². The molecular weight excluding hydrogens is 506 g/mol. The number of likely N-dealkylation sites (N-methyl/N-ethyl adjacent to an activating group) is 1. The fourth-order valence-corrected chi connectivity index (χ4v) is 4.93. The summed E-state index contributed by atoms with van der Waals surface area (Å²) in [6.07, 6.45) is 0.766. The van der Waals surface area contributed by atoms with Crippen LogP contribution in [0.25, 0.3) is 5.69 Å². The van der Waals surface area contributed by atoms with E-state index >= 15 is 0 Å². The monoisotopic (exact) mass is 539 g/mol. The van der Waals surface area contributed by atoms with E-state index in [0.717, 1.165) is 59.8 Å². The van der Waals surface area contributed by atoms with Crippen LogP contribution in [-0.4, -0.2) is 79.0 Å². The molecule has 1 aliphatic rings. The number of rotatable bonds is 9. The fraction of sp³-hybridized carbons (Fsp3) is 0.407. The predicted octanol–water partition coefficient (Wildman–Crippen LogP) is 4.37. The molecule has 1 aromatic heterocycles. The molecule has 2 aromatic carbocycles. The van der Waals surface area contributed by atoms with Gasteiger partial charge in [-0.1, -0.05) is 30.3 Å². The Kier molecular flexibility index (Phi) is 8.59. The van der Waals surface area contributed by atoms with Gasteiger partial charge in [0.2, 0.25) is 0 Å². The number of anilines is 1. The Labute approximate surface area is 216 Å². The summed E-state index contributed by atoms with van der Waals surface area (Å²) in [6.45, 7) is 7.57. The van der Waals surface area contributed by atoms with Crippen LogP contribution in [0.1, 0.15) is 28.0 Å². The van der Waals surface area contributed by atoms with Gasteiger partial charge in [-0.25, -0.2) is 4.68 Å². The summed E-state index contributed by atoms with van der Waals surface area (Å²) in [6, 6.07) is 17.9. The summed E-state index contributed by atoms with van der Waals surface area (Å²) >= 11 is 3.56. The zero-order valence-corrected chi connectivity index (χ0v) is 22.4. The summed E-state index contributed by atoms with van der Waals surface area (Å²) in [7, 11) is 3.85. The molecule has 0 radical (unpaired) electrons.